The zero-order valence-corrected chi connectivity index (χ0v) is 22.4. The molecule has 0 saturated carbocycles. The molecule has 212 valence electrons. The maximum Gasteiger partial charge on any atom is 0.325 e. The van der Waals surface area contributed by atoms with E-state index in [1.807, 2.05) is 18.2 Å². The van der Waals surface area contributed by atoms with Crippen LogP contribution in [0.3, 0.4) is 0 Å². The third kappa shape index (κ3) is 6.94. The predicted molar refractivity (Wildman–Crippen MR) is 144 cm³/mol. The number of benzene rings is 1. The predicted octanol–water partition coefficient (Wildman–Crippen LogP) is 5.24. The van der Waals surface area contributed by atoms with Crippen molar-refractivity contribution in [3.63, 3.8) is 0 Å². The number of aryl methyl sites for hydroxylation is 2. The van der Waals surface area contributed by atoms with Crippen LogP contribution in [0.5, 0.6) is 0 Å². The Bertz CT molecular complexity index is 1130. The van der Waals surface area contributed by atoms with Gasteiger partial charge in [0.2, 0.25) is 0 Å². The molecule has 2 fully saturated rings. The van der Waals surface area contributed by atoms with Crippen molar-refractivity contribution >= 4 is 11.8 Å². The number of likely N-dealkylation sites (tertiary alicyclic amines) is 1. The van der Waals surface area contributed by atoms with Crippen LogP contribution in [0.1, 0.15) is 67.0 Å². The molecular weight excluding hydrogens is 504 g/mol. The van der Waals surface area contributed by atoms with Crippen molar-refractivity contribution in [1.82, 2.24) is 9.88 Å². The number of pyridine rings is 1. The molecule has 1 aromatic carbocycles. The summed E-state index contributed by atoms with van der Waals surface area (Å²) in [5.74, 6) is -3.79. The molecule has 3 unspecified atom stereocenters. The van der Waals surface area contributed by atoms with Crippen molar-refractivity contribution < 1.29 is 28.2 Å². The number of halogens is 2. The van der Waals surface area contributed by atoms with Gasteiger partial charge in [-0.05, 0) is 74.2 Å². The molecule has 0 amide bonds. The summed E-state index contributed by atoms with van der Waals surface area (Å²) in [5, 5.41) is 13.5. The van der Waals surface area contributed by atoms with Gasteiger partial charge in [0.05, 0.1) is 19.3 Å². The molecular formula is C30H39F2N3O4. The van der Waals surface area contributed by atoms with Crippen LogP contribution in [0.25, 0.3) is 0 Å². The Balaban J connectivity index is 1.15. The normalized spacial score (nSPS) is 22.4. The number of nitrogens with zero attached hydrogens (tertiary/aromatic N) is 2. The van der Waals surface area contributed by atoms with E-state index in [0.29, 0.717) is 44.6 Å². The van der Waals surface area contributed by atoms with Crippen molar-refractivity contribution in [1.29, 1.82) is 0 Å². The van der Waals surface area contributed by atoms with Crippen molar-refractivity contribution in [2.45, 2.75) is 76.0 Å². The van der Waals surface area contributed by atoms with Gasteiger partial charge in [0.15, 0.2) is 0 Å². The fourth-order valence-electron chi connectivity index (χ4n) is 6.02. The van der Waals surface area contributed by atoms with Gasteiger partial charge in [0.1, 0.15) is 11.9 Å². The van der Waals surface area contributed by atoms with Gasteiger partial charge in [-0.1, -0.05) is 30.3 Å². The van der Waals surface area contributed by atoms with Gasteiger partial charge in [-0.2, -0.15) is 0 Å². The molecule has 3 aliphatic heterocycles. The summed E-state index contributed by atoms with van der Waals surface area (Å²) in [4.78, 5) is 18.8. The number of alkyl halides is 2. The minimum Gasteiger partial charge on any atom is -0.480 e. The van der Waals surface area contributed by atoms with E-state index in [0.717, 1.165) is 42.9 Å². The SMILES string of the molecule is O=C(O)C(c1ccccc1COC1CCOC1)N1CCC(C(F)(F)CCCCc2ccc3c(n2)NCCC3)C1. The van der Waals surface area contributed by atoms with Crippen LogP contribution < -0.4 is 5.32 Å². The van der Waals surface area contributed by atoms with E-state index >= 15 is 8.78 Å². The lowest BCUT2D eigenvalue weighted by Crippen LogP contribution is -2.36. The van der Waals surface area contributed by atoms with Crippen LogP contribution in [0.4, 0.5) is 14.6 Å². The fraction of sp³-hybridized carbons (Fsp3) is 0.600. The van der Waals surface area contributed by atoms with Gasteiger partial charge in [-0.25, -0.2) is 13.8 Å². The average Bonchev–Trinajstić information content (AvgIpc) is 3.64. The first-order chi connectivity index (χ1) is 18.9. The second-order valence-corrected chi connectivity index (χ2v) is 11.0. The molecule has 39 heavy (non-hydrogen) atoms. The molecule has 0 spiro atoms. The number of unbranched alkanes of at least 4 members (excludes halogenated alkanes) is 1. The van der Waals surface area contributed by atoms with Gasteiger partial charge in [-0.3, -0.25) is 9.69 Å². The van der Waals surface area contributed by atoms with Gasteiger partial charge >= 0.3 is 5.97 Å². The monoisotopic (exact) mass is 543 g/mol. The highest BCUT2D eigenvalue weighted by Gasteiger charge is 2.45. The summed E-state index contributed by atoms with van der Waals surface area (Å²) in [7, 11) is 0. The van der Waals surface area contributed by atoms with Gasteiger partial charge in [-0.15, -0.1) is 0 Å². The number of rotatable bonds is 12. The van der Waals surface area contributed by atoms with E-state index in [1.165, 1.54) is 5.56 Å². The Morgan fingerprint density at radius 2 is 2.10 bits per heavy atom. The number of ether oxygens (including phenoxy) is 2. The second kappa shape index (κ2) is 12.7. The molecule has 0 bridgehead atoms. The van der Waals surface area contributed by atoms with E-state index < -0.39 is 23.9 Å². The quantitative estimate of drug-likeness (QED) is 0.354. The number of nitrogens with one attached hydrogen (secondary N) is 1. The number of fused-ring (bicyclic) bond motifs is 1. The van der Waals surface area contributed by atoms with Crippen molar-refractivity contribution in [3.05, 3.63) is 58.8 Å². The second-order valence-electron chi connectivity index (χ2n) is 11.0. The molecule has 0 aliphatic carbocycles. The molecule has 2 aromatic rings. The number of anilines is 1. The first-order valence-corrected chi connectivity index (χ1v) is 14.3. The Kier molecular flexibility index (Phi) is 9.10. The van der Waals surface area contributed by atoms with E-state index in [1.54, 1.807) is 17.0 Å². The van der Waals surface area contributed by atoms with E-state index in [4.69, 9.17) is 9.47 Å². The topological polar surface area (TPSA) is 83.9 Å². The number of hydrogen-bond acceptors (Lipinski definition) is 6. The number of carboxylic acids is 1. The molecule has 9 heteroatoms. The highest BCUT2D eigenvalue weighted by molar-refractivity contribution is 5.76. The first-order valence-electron chi connectivity index (χ1n) is 14.3. The molecule has 0 radical (unpaired) electrons. The molecule has 4 heterocycles. The Hall–Kier alpha value is -2.62. The molecule has 3 atom stereocenters. The summed E-state index contributed by atoms with van der Waals surface area (Å²) in [6.45, 7) is 2.79. The third-order valence-electron chi connectivity index (χ3n) is 8.27. The van der Waals surface area contributed by atoms with Crippen molar-refractivity contribution in [3.8, 4) is 0 Å². The minimum atomic E-state index is -2.84. The Morgan fingerprint density at radius 1 is 1.23 bits per heavy atom. The lowest BCUT2D eigenvalue weighted by molar-refractivity contribution is -0.143. The van der Waals surface area contributed by atoms with Gasteiger partial charge in [0.25, 0.3) is 5.92 Å². The van der Waals surface area contributed by atoms with E-state index in [9.17, 15) is 9.90 Å². The van der Waals surface area contributed by atoms with Crippen LogP contribution >= 0.6 is 0 Å². The maximum atomic E-state index is 15.3. The minimum absolute atomic E-state index is 0.00381. The Morgan fingerprint density at radius 3 is 2.92 bits per heavy atom. The number of hydrogen-bond donors (Lipinski definition) is 2. The molecule has 1 aromatic heterocycles. The van der Waals surface area contributed by atoms with Crippen LogP contribution in [0, 0.1) is 5.92 Å². The molecule has 5 rings (SSSR count). The highest BCUT2D eigenvalue weighted by atomic mass is 19.3. The average molecular weight is 544 g/mol. The van der Waals surface area contributed by atoms with Crippen LogP contribution in [-0.4, -0.2) is 65.8 Å². The van der Waals surface area contributed by atoms with Crippen LogP contribution in [0.15, 0.2) is 36.4 Å². The van der Waals surface area contributed by atoms with Crippen LogP contribution in [0.2, 0.25) is 0 Å². The first kappa shape index (κ1) is 27.9. The number of aromatic nitrogens is 1. The lowest BCUT2D eigenvalue weighted by Gasteiger charge is -2.28. The smallest absolute Gasteiger partial charge is 0.325 e. The summed E-state index contributed by atoms with van der Waals surface area (Å²) in [6, 6.07) is 10.4. The van der Waals surface area contributed by atoms with E-state index in [-0.39, 0.29) is 32.1 Å². The summed E-state index contributed by atoms with van der Waals surface area (Å²) in [5.41, 5.74) is 3.55. The molecule has 2 N–H and O–H groups in total. The summed E-state index contributed by atoms with van der Waals surface area (Å²) >= 11 is 0. The number of carboxylic acid groups (broad SMARTS) is 1. The zero-order chi connectivity index (χ0) is 27.2. The Labute approximate surface area is 228 Å². The van der Waals surface area contributed by atoms with Gasteiger partial charge in [0, 0.05) is 37.7 Å². The molecule has 2 saturated heterocycles. The number of carbonyl (C=O) groups is 1. The number of aliphatic carboxylic acids is 1. The maximum absolute atomic E-state index is 15.3. The third-order valence-corrected chi connectivity index (χ3v) is 8.27. The standard InChI is InChI=1S/C30H39F2N3O4/c31-30(32,14-4-3-8-24-11-10-21-7-5-15-33-28(21)34-24)23-12-16-35(18-23)27(29(36)37)26-9-2-1-6-22(26)19-39-25-13-17-38-20-25/h1-2,6,9-11,23,25,27H,3-5,7-8,12-20H2,(H,33,34)(H,36,37). The molecule has 3 aliphatic rings. The largest absolute Gasteiger partial charge is 0.480 e. The summed E-state index contributed by atoms with van der Waals surface area (Å²) in [6.07, 6.45) is 4.76. The lowest BCUT2D eigenvalue weighted by atomic mass is 9.94. The fourth-order valence-corrected chi connectivity index (χ4v) is 6.02. The van der Waals surface area contributed by atoms with Crippen molar-refractivity contribution in [2.24, 2.45) is 5.92 Å². The van der Waals surface area contributed by atoms with E-state index in [2.05, 4.69) is 16.4 Å². The van der Waals surface area contributed by atoms with Crippen LogP contribution in [-0.2, 0) is 33.7 Å². The highest BCUT2D eigenvalue weighted by Crippen LogP contribution is 2.40. The van der Waals surface area contributed by atoms with Crippen molar-refractivity contribution in [2.75, 3.05) is 38.2 Å². The zero-order valence-electron chi connectivity index (χ0n) is 22.4. The molecule has 7 nitrogen and oxygen atoms in total. The summed E-state index contributed by atoms with van der Waals surface area (Å²) < 4.78 is 41.8. The van der Waals surface area contributed by atoms with Gasteiger partial charge < -0.3 is 19.9 Å².